The maximum atomic E-state index is 12.0. The highest BCUT2D eigenvalue weighted by atomic mass is 16.2. The Bertz CT molecular complexity index is 473. The molecule has 3 rings (SSSR count). The third-order valence-corrected chi connectivity index (χ3v) is 2.97. The first-order valence-electron chi connectivity index (χ1n) is 5.11. The number of carbonyl (C=O) groups is 1. The Balaban J connectivity index is 2.21. The minimum absolute atomic E-state index is 0.113. The molecule has 0 aliphatic carbocycles. The van der Waals surface area contributed by atoms with Gasteiger partial charge >= 0.3 is 0 Å². The summed E-state index contributed by atoms with van der Waals surface area (Å²) in [4.78, 5) is 13.8. The molecule has 0 N–H and O–H groups in total. The molecular formula is C13H11NO. The third-order valence-electron chi connectivity index (χ3n) is 2.97. The SMILES string of the molecule is O=C1c2ccccc2[C@@H]2C=CC=CN1C2. The molecule has 0 spiro atoms. The number of rotatable bonds is 0. The quantitative estimate of drug-likeness (QED) is 0.625. The van der Waals surface area contributed by atoms with Crippen LogP contribution in [0.1, 0.15) is 21.8 Å². The minimum atomic E-state index is 0.113. The van der Waals surface area contributed by atoms with Crippen LogP contribution in [0, 0.1) is 0 Å². The lowest BCUT2D eigenvalue weighted by Crippen LogP contribution is -2.35. The summed E-state index contributed by atoms with van der Waals surface area (Å²) in [6.45, 7) is 0.767. The molecule has 2 aliphatic rings. The Morgan fingerprint density at radius 1 is 1.20 bits per heavy atom. The second kappa shape index (κ2) is 3.09. The van der Waals surface area contributed by atoms with Gasteiger partial charge < -0.3 is 4.90 Å². The van der Waals surface area contributed by atoms with E-state index in [-0.39, 0.29) is 5.91 Å². The second-order valence-electron chi connectivity index (χ2n) is 3.88. The molecule has 2 heteroatoms. The molecular weight excluding hydrogens is 186 g/mol. The lowest BCUT2D eigenvalue weighted by atomic mass is 9.89. The first-order valence-corrected chi connectivity index (χ1v) is 5.11. The number of benzene rings is 1. The maximum Gasteiger partial charge on any atom is 0.258 e. The summed E-state index contributed by atoms with van der Waals surface area (Å²) in [7, 11) is 0. The number of amides is 1. The van der Waals surface area contributed by atoms with Gasteiger partial charge in [-0.25, -0.2) is 0 Å². The molecule has 0 radical (unpaired) electrons. The van der Waals surface area contributed by atoms with Crippen LogP contribution >= 0.6 is 0 Å². The van der Waals surface area contributed by atoms with Crippen molar-refractivity contribution in [2.24, 2.45) is 0 Å². The molecule has 1 atom stereocenters. The van der Waals surface area contributed by atoms with Gasteiger partial charge in [0.15, 0.2) is 0 Å². The van der Waals surface area contributed by atoms with Gasteiger partial charge in [-0.05, 0) is 17.7 Å². The van der Waals surface area contributed by atoms with Crippen molar-refractivity contribution in [2.45, 2.75) is 5.92 Å². The summed E-state index contributed by atoms with van der Waals surface area (Å²) in [6, 6.07) is 7.87. The lowest BCUT2D eigenvalue weighted by molar-refractivity contribution is 0.0803. The Hall–Kier alpha value is -1.83. The zero-order valence-corrected chi connectivity index (χ0v) is 8.26. The monoisotopic (exact) mass is 197 g/mol. The van der Waals surface area contributed by atoms with Gasteiger partial charge in [0.2, 0.25) is 0 Å². The summed E-state index contributed by atoms with van der Waals surface area (Å²) in [5.74, 6) is 0.454. The molecule has 0 saturated carbocycles. The van der Waals surface area contributed by atoms with E-state index in [2.05, 4.69) is 6.08 Å². The zero-order chi connectivity index (χ0) is 10.3. The smallest absolute Gasteiger partial charge is 0.258 e. The van der Waals surface area contributed by atoms with Crippen molar-refractivity contribution >= 4 is 5.91 Å². The van der Waals surface area contributed by atoms with Gasteiger partial charge in [0.05, 0.1) is 0 Å². The predicted molar refractivity (Wildman–Crippen MR) is 58.5 cm³/mol. The summed E-state index contributed by atoms with van der Waals surface area (Å²) in [6.07, 6.45) is 7.94. The van der Waals surface area contributed by atoms with Crippen molar-refractivity contribution in [3.05, 3.63) is 59.8 Å². The van der Waals surface area contributed by atoms with Crippen molar-refractivity contribution in [3.63, 3.8) is 0 Å². The van der Waals surface area contributed by atoms with E-state index in [0.29, 0.717) is 5.92 Å². The van der Waals surface area contributed by atoms with Crippen LogP contribution in [0.25, 0.3) is 0 Å². The van der Waals surface area contributed by atoms with Gasteiger partial charge in [0.1, 0.15) is 0 Å². The van der Waals surface area contributed by atoms with Crippen LogP contribution in [0.3, 0.4) is 0 Å². The summed E-state index contributed by atoms with van der Waals surface area (Å²) >= 11 is 0. The summed E-state index contributed by atoms with van der Waals surface area (Å²) in [5, 5.41) is 0. The first-order chi connectivity index (χ1) is 7.36. The number of hydrogen-bond acceptors (Lipinski definition) is 1. The van der Waals surface area contributed by atoms with Gasteiger partial charge in [0.25, 0.3) is 5.91 Å². The van der Waals surface area contributed by atoms with Gasteiger partial charge in [-0.3, -0.25) is 4.79 Å². The van der Waals surface area contributed by atoms with Crippen LogP contribution in [0.15, 0.2) is 48.7 Å². The predicted octanol–water partition coefficient (Wildman–Crippen LogP) is 2.31. The molecule has 1 aromatic carbocycles. The van der Waals surface area contributed by atoms with E-state index in [1.165, 1.54) is 0 Å². The van der Waals surface area contributed by atoms with Gasteiger partial charge in [-0.2, -0.15) is 0 Å². The van der Waals surface area contributed by atoms with Crippen molar-refractivity contribution < 1.29 is 4.79 Å². The van der Waals surface area contributed by atoms with Crippen molar-refractivity contribution in [1.29, 1.82) is 0 Å². The Kier molecular flexibility index (Phi) is 1.75. The maximum absolute atomic E-state index is 12.0. The first kappa shape index (κ1) is 8.48. The van der Waals surface area contributed by atoms with Crippen LogP contribution in [0.5, 0.6) is 0 Å². The molecule has 0 unspecified atom stereocenters. The molecule has 15 heavy (non-hydrogen) atoms. The van der Waals surface area contributed by atoms with Crippen molar-refractivity contribution in [3.8, 4) is 0 Å². The second-order valence-corrected chi connectivity index (χ2v) is 3.88. The topological polar surface area (TPSA) is 20.3 Å². The molecule has 2 bridgehead atoms. The fourth-order valence-electron chi connectivity index (χ4n) is 2.21. The Morgan fingerprint density at radius 2 is 2.07 bits per heavy atom. The average molecular weight is 197 g/mol. The number of allylic oxidation sites excluding steroid dienone is 2. The molecule has 1 aromatic rings. The molecule has 0 aromatic heterocycles. The standard InChI is InChI=1S/C13H11NO/c15-13-12-7-2-1-6-11(12)10-5-3-4-8-14(13)9-10/h1-8,10H,9H2/t10-/m1/s1. The van der Waals surface area contributed by atoms with Crippen LogP contribution in [-0.2, 0) is 0 Å². The number of fused-ring (bicyclic) bond motifs is 4. The normalized spacial score (nSPS) is 22.5. The molecule has 0 saturated heterocycles. The highest BCUT2D eigenvalue weighted by Crippen LogP contribution is 2.30. The van der Waals surface area contributed by atoms with Crippen molar-refractivity contribution in [1.82, 2.24) is 4.90 Å². The molecule has 2 nitrogen and oxygen atoms in total. The van der Waals surface area contributed by atoms with E-state index in [1.807, 2.05) is 42.6 Å². The molecule has 1 amide bonds. The summed E-state index contributed by atoms with van der Waals surface area (Å²) in [5.41, 5.74) is 1.99. The van der Waals surface area contributed by atoms with Gasteiger partial charge in [0, 0.05) is 24.2 Å². The Labute approximate surface area is 88.5 Å². The molecule has 2 heterocycles. The molecule has 0 fully saturated rings. The minimum Gasteiger partial charge on any atom is -0.314 e. The van der Waals surface area contributed by atoms with E-state index >= 15 is 0 Å². The van der Waals surface area contributed by atoms with E-state index < -0.39 is 0 Å². The summed E-state index contributed by atoms with van der Waals surface area (Å²) < 4.78 is 0. The van der Waals surface area contributed by atoms with E-state index in [4.69, 9.17) is 0 Å². The third kappa shape index (κ3) is 1.22. The fraction of sp³-hybridized carbons (Fsp3) is 0.154. The highest BCUT2D eigenvalue weighted by Gasteiger charge is 2.28. The number of carbonyl (C=O) groups excluding carboxylic acids is 1. The number of hydrogen-bond donors (Lipinski definition) is 0. The van der Waals surface area contributed by atoms with E-state index in [0.717, 1.165) is 17.7 Å². The highest BCUT2D eigenvalue weighted by molar-refractivity contribution is 5.98. The fourth-order valence-corrected chi connectivity index (χ4v) is 2.21. The van der Waals surface area contributed by atoms with Crippen molar-refractivity contribution in [2.75, 3.05) is 6.54 Å². The number of nitrogens with zero attached hydrogens (tertiary/aromatic N) is 1. The molecule has 74 valence electrons. The average Bonchev–Trinajstić information content (AvgIpc) is 2.50. The lowest BCUT2D eigenvalue weighted by Gasteiger charge is -2.29. The largest absolute Gasteiger partial charge is 0.314 e. The zero-order valence-electron chi connectivity index (χ0n) is 8.26. The van der Waals surface area contributed by atoms with E-state index in [1.54, 1.807) is 4.90 Å². The van der Waals surface area contributed by atoms with Gasteiger partial charge in [-0.15, -0.1) is 0 Å². The van der Waals surface area contributed by atoms with Crippen LogP contribution < -0.4 is 0 Å². The van der Waals surface area contributed by atoms with Crippen LogP contribution in [0.2, 0.25) is 0 Å². The Morgan fingerprint density at radius 3 is 3.00 bits per heavy atom. The van der Waals surface area contributed by atoms with Crippen LogP contribution in [0.4, 0.5) is 0 Å². The van der Waals surface area contributed by atoms with E-state index in [9.17, 15) is 4.79 Å². The van der Waals surface area contributed by atoms with Gasteiger partial charge in [-0.1, -0.05) is 30.4 Å². The molecule has 2 aliphatic heterocycles. The van der Waals surface area contributed by atoms with Crippen LogP contribution in [-0.4, -0.2) is 17.4 Å².